The van der Waals surface area contributed by atoms with Gasteiger partial charge in [0.2, 0.25) is 5.91 Å². The summed E-state index contributed by atoms with van der Waals surface area (Å²) in [5, 5.41) is 3.40. The molecule has 0 aromatic rings. The van der Waals surface area contributed by atoms with E-state index in [4.69, 9.17) is 16.2 Å². The van der Waals surface area contributed by atoms with Gasteiger partial charge in [0.25, 0.3) is 0 Å². The molecule has 0 spiro atoms. The summed E-state index contributed by atoms with van der Waals surface area (Å²) in [6.45, 7) is 16.7. The van der Waals surface area contributed by atoms with Crippen molar-refractivity contribution in [1.82, 2.24) is 10.2 Å². The van der Waals surface area contributed by atoms with Crippen molar-refractivity contribution in [2.75, 3.05) is 39.3 Å². The maximum Gasteiger partial charge on any atom is 0.315 e. The molecule has 4 rings (SSSR count). The van der Waals surface area contributed by atoms with Crippen molar-refractivity contribution in [3.05, 3.63) is 11.6 Å². The zero-order valence-electron chi connectivity index (χ0n) is 32.2. The van der Waals surface area contributed by atoms with E-state index in [-0.39, 0.29) is 67.0 Å². The number of fused-ring (bicyclic) bond motifs is 5. The number of hydrogen-bond acceptors (Lipinski definition) is 6. The third-order valence-electron chi connectivity index (χ3n) is 13.2. The number of hydrogen-bond donors (Lipinski definition) is 3. The molecule has 0 aromatic carbocycles. The highest BCUT2D eigenvalue weighted by Crippen LogP contribution is 2.67. The predicted molar refractivity (Wildman–Crippen MR) is 215 cm³/mol. The van der Waals surface area contributed by atoms with Gasteiger partial charge in [-0.25, -0.2) is 0 Å². The van der Waals surface area contributed by atoms with Gasteiger partial charge in [0.05, 0.1) is 0 Å². The summed E-state index contributed by atoms with van der Waals surface area (Å²) in [7, 11) is 0. The Kier molecular flexibility index (Phi) is 21.4. The number of unbranched alkanes of at least 4 members (excludes halogenated alkanes) is 1. The number of nitrogens with one attached hydrogen (secondary N) is 1. The Balaban J connectivity index is 0.00000417. The highest BCUT2D eigenvalue weighted by molar-refractivity contribution is 5.94. The van der Waals surface area contributed by atoms with Crippen LogP contribution < -0.4 is 16.8 Å². The van der Waals surface area contributed by atoms with E-state index in [1.165, 1.54) is 51.4 Å². The van der Waals surface area contributed by atoms with Crippen LogP contribution in [0.2, 0.25) is 0 Å². The average Bonchev–Trinajstić information content (AvgIpc) is 3.43. The second-order valence-electron chi connectivity index (χ2n) is 17.0. The van der Waals surface area contributed by atoms with Gasteiger partial charge >= 0.3 is 5.97 Å². The summed E-state index contributed by atoms with van der Waals surface area (Å²) in [4.78, 5) is 28.3. The lowest BCUT2D eigenvalue weighted by Crippen LogP contribution is -2.53. The number of allylic oxidation sites excluding steroid dienone is 1. The molecule has 1 unspecified atom stereocenters. The number of halogens is 3. The molecule has 0 radical (unpaired) electrons. The fourth-order valence-electron chi connectivity index (χ4n) is 10.4. The van der Waals surface area contributed by atoms with E-state index in [9.17, 15) is 9.59 Å². The van der Waals surface area contributed by atoms with Crippen LogP contribution in [-0.2, 0) is 14.3 Å². The molecule has 5 N–H and O–H groups in total. The third-order valence-corrected chi connectivity index (χ3v) is 13.2. The molecule has 3 saturated carbocycles. The molecule has 0 aliphatic heterocycles. The first-order chi connectivity index (χ1) is 22.5. The van der Waals surface area contributed by atoms with Gasteiger partial charge in [0.15, 0.2) is 0 Å². The van der Waals surface area contributed by atoms with E-state index in [0.717, 1.165) is 81.7 Å². The van der Waals surface area contributed by atoms with E-state index in [2.05, 4.69) is 46.0 Å². The van der Waals surface area contributed by atoms with Gasteiger partial charge in [-0.1, -0.05) is 72.0 Å². The molecule has 7 nitrogen and oxygen atoms in total. The minimum Gasteiger partial charge on any atom is -0.462 e. The molecule has 0 saturated heterocycles. The smallest absolute Gasteiger partial charge is 0.315 e. The Hall–Kier alpha value is -0.570. The van der Waals surface area contributed by atoms with Gasteiger partial charge in [-0.3, -0.25) is 9.59 Å². The largest absolute Gasteiger partial charge is 0.462 e. The van der Waals surface area contributed by atoms with Crippen molar-refractivity contribution < 1.29 is 14.3 Å². The molecule has 3 fully saturated rings. The molecular weight excluding hydrogens is 691 g/mol. The number of rotatable bonds is 19. The van der Waals surface area contributed by atoms with Gasteiger partial charge in [-0.2, -0.15) is 0 Å². The Morgan fingerprint density at radius 2 is 1.58 bits per heavy atom. The van der Waals surface area contributed by atoms with E-state index >= 15 is 0 Å². The Morgan fingerprint density at radius 1 is 0.880 bits per heavy atom. The van der Waals surface area contributed by atoms with Crippen molar-refractivity contribution >= 4 is 49.1 Å². The average molecular weight is 766 g/mol. The Morgan fingerprint density at radius 3 is 2.28 bits per heavy atom. The van der Waals surface area contributed by atoms with Gasteiger partial charge in [-0.15, -0.1) is 37.2 Å². The number of nitrogens with zero attached hydrogens (tertiary/aromatic N) is 1. The molecular formula is C40H75Cl3N4O3. The molecule has 0 bridgehead atoms. The minimum atomic E-state index is -0.364. The number of nitrogens with two attached hydrogens (primary N) is 2. The van der Waals surface area contributed by atoms with Crippen LogP contribution in [0.1, 0.15) is 137 Å². The summed E-state index contributed by atoms with van der Waals surface area (Å²) in [6.07, 6.45) is 19.7. The lowest BCUT2D eigenvalue weighted by atomic mass is 9.45. The van der Waals surface area contributed by atoms with Crippen LogP contribution in [0.25, 0.3) is 0 Å². The van der Waals surface area contributed by atoms with E-state index < -0.39 is 0 Å². The van der Waals surface area contributed by atoms with Gasteiger partial charge in [-0.05, 0) is 137 Å². The van der Waals surface area contributed by atoms with Crippen LogP contribution in [0.3, 0.4) is 0 Å². The predicted octanol–water partition coefficient (Wildman–Crippen LogP) is 8.49. The maximum absolute atomic E-state index is 13.2. The van der Waals surface area contributed by atoms with Gasteiger partial charge < -0.3 is 26.4 Å². The van der Waals surface area contributed by atoms with Gasteiger partial charge in [0, 0.05) is 19.5 Å². The first-order valence-electron chi connectivity index (χ1n) is 19.8. The van der Waals surface area contributed by atoms with Crippen LogP contribution in [0.15, 0.2) is 11.6 Å². The topological polar surface area (TPSA) is 111 Å². The summed E-state index contributed by atoms with van der Waals surface area (Å²) in [6, 6.07) is 0. The second kappa shape index (κ2) is 22.6. The van der Waals surface area contributed by atoms with Crippen molar-refractivity contribution in [2.45, 2.75) is 143 Å². The fraction of sp³-hybridized carbons (Fsp3) is 0.900. The quantitative estimate of drug-likeness (QED) is 0.0527. The zero-order chi connectivity index (χ0) is 34.0. The molecule has 4 aliphatic carbocycles. The van der Waals surface area contributed by atoms with Crippen molar-refractivity contribution in [3.8, 4) is 0 Å². The van der Waals surface area contributed by atoms with E-state index in [1.54, 1.807) is 5.57 Å². The summed E-state index contributed by atoms with van der Waals surface area (Å²) in [5.74, 6) is 3.96. The first kappa shape index (κ1) is 47.5. The summed E-state index contributed by atoms with van der Waals surface area (Å²) < 4.78 is 6.13. The Labute approximate surface area is 324 Å². The lowest BCUT2D eigenvalue weighted by Gasteiger charge is -2.60. The minimum absolute atomic E-state index is 0. The number of amides is 1. The number of ether oxygens (including phenoxy) is 1. The summed E-state index contributed by atoms with van der Waals surface area (Å²) >= 11 is 0. The standard InChI is InChI=1S/C40H72N4O3.3ClH/c1-29(2)12-8-13-30(3)33-27-31-26-32(15-19-40(31,5)35-16-18-39(4)17-9-14-34(39)38(33)35)47-37(46)28-36(45)44(25-11-21-42)24-7-6-22-43-23-10-20-41;;;/h27,29-30,32-35,38,43H,6-26,28,41-42H2,1-5H3;3*1H/t30-,32+,33?,34+,35+,38+,39-,40+;;;/m1.../s1. The van der Waals surface area contributed by atoms with Crippen LogP contribution in [0, 0.1) is 46.3 Å². The van der Waals surface area contributed by atoms with E-state index in [1.807, 2.05) is 4.90 Å². The van der Waals surface area contributed by atoms with Crippen molar-refractivity contribution in [3.63, 3.8) is 0 Å². The maximum atomic E-state index is 13.2. The monoisotopic (exact) mass is 764 g/mol. The molecule has 8 atom stereocenters. The Bertz CT molecular complexity index is 1050. The van der Waals surface area contributed by atoms with Gasteiger partial charge in [0.1, 0.15) is 12.5 Å². The molecule has 294 valence electrons. The normalized spacial score (nSPS) is 30.3. The fourth-order valence-corrected chi connectivity index (χ4v) is 10.4. The molecule has 0 heterocycles. The highest BCUT2D eigenvalue weighted by atomic mass is 35.5. The second-order valence-corrected chi connectivity index (χ2v) is 17.0. The van der Waals surface area contributed by atoms with Crippen LogP contribution in [0.5, 0.6) is 0 Å². The SMILES string of the molecule is CC(C)CCC[C@@H](C)C1C=C2C[C@@H](OC(=O)CC(=O)N(CCCN)CCCCNCCCN)CC[C@]2(C)[C@H]2CC[C@@]3(C)CCC[C@H]3[C@H]12.Cl.Cl.Cl. The first-order valence-corrected chi connectivity index (χ1v) is 19.8. The van der Waals surface area contributed by atoms with Crippen LogP contribution in [0.4, 0.5) is 0 Å². The molecule has 0 aromatic heterocycles. The summed E-state index contributed by atoms with van der Waals surface area (Å²) in [5.41, 5.74) is 13.6. The molecule has 10 heteroatoms. The van der Waals surface area contributed by atoms with Crippen LogP contribution in [-0.4, -0.2) is 62.1 Å². The zero-order valence-corrected chi connectivity index (χ0v) is 34.7. The lowest BCUT2D eigenvalue weighted by molar-refractivity contribution is -0.155. The molecule has 1 amide bonds. The number of esters is 1. The van der Waals surface area contributed by atoms with Crippen LogP contribution >= 0.6 is 37.2 Å². The van der Waals surface area contributed by atoms with E-state index in [0.29, 0.717) is 43.4 Å². The van der Waals surface area contributed by atoms with Crippen molar-refractivity contribution in [1.29, 1.82) is 0 Å². The molecule has 4 aliphatic rings. The number of carbonyl (C=O) groups is 2. The highest BCUT2D eigenvalue weighted by Gasteiger charge is 2.59. The van der Waals surface area contributed by atoms with Crippen molar-refractivity contribution in [2.24, 2.45) is 57.8 Å². The molecule has 50 heavy (non-hydrogen) atoms. The number of carbonyl (C=O) groups excluding carboxylic acids is 2. The third kappa shape index (κ3) is 12.2.